The molecule has 1 aromatic carbocycles. The molecule has 3 N–H and O–H groups in total. The first kappa shape index (κ1) is 8.87. The summed E-state index contributed by atoms with van der Waals surface area (Å²) in [4.78, 5) is 0. The standard InChI is InChI=1S/C9H12O3/c1-6(5-10)7-2-3-8(11)9(12)4-7/h2-4,6,10-12H,5H2,1H3. The molecule has 0 heterocycles. The van der Waals surface area contributed by atoms with Gasteiger partial charge in [0.2, 0.25) is 0 Å². The van der Waals surface area contributed by atoms with Crippen LogP contribution in [0, 0.1) is 0 Å². The SMILES string of the molecule is CC(CO)c1ccc(O)c(O)c1. The molecule has 0 saturated carbocycles. The largest absolute Gasteiger partial charge is 0.504 e. The van der Waals surface area contributed by atoms with Crippen LogP contribution in [0.5, 0.6) is 11.5 Å². The number of aliphatic hydroxyl groups excluding tert-OH is 1. The highest BCUT2D eigenvalue weighted by Crippen LogP contribution is 2.28. The van der Waals surface area contributed by atoms with Gasteiger partial charge in [-0.15, -0.1) is 0 Å². The molecule has 0 bridgehead atoms. The van der Waals surface area contributed by atoms with Gasteiger partial charge in [0.05, 0.1) is 0 Å². The fraction of sp³-hybridized carbons (Fsp3) is 0.333. The second kappa shape index (κ2) is 3.45. The van der Waals surface area contributed by atoms with E-state index in [1.165, 1.54) is 12.1 Å². The first-order valence-electron chi connectivity index (χ1n) is 3.78. The predicted octanol–water partition coefficient (Wildman–Crippen LogP) is 1.19. The van der Waals surface area contributed by atoms with Crippen molar-refractivity contribution in [2.45, 2.75) is 12.8 Å². The van der Waals surface area contributed by atoms with Crippen LogP contribution >= 0.6 is 0 Å². The van der Waals surface area contributed by atoms with Gasteiger partial charge in [-0.3, -0.25) is 0 Å². The predicted molar refractivity (Wildman–Crippen MR) is 45.3 cm³/mol. The summed E-state index contributed by atoms with van der Waals surface area (Å²) in [6, 6.07) is 4.54. The van der Waals surface area contributed by atoms with Crippen molar-refractivity contribution in [3.63, 3.8) is 0 Å². The van der Waals surface area contributed by atoms with Gasteiger partial charge < -0.3 is 15.3 Å². The monoisotopic (exact) mass is 168 g/mol. The maximum Gasteiger partial charge on any atom is 0.157 e. The van der Waals surface area contributed by atoms with E-state index in [9.17, 15) is 0 Å². The number of aromatic hydroxyl groups is 2. The first-order valence-corrected chi connectivity index (χ1v) is 3.78. The normalized spacial score (nSPS) is 12.8. The number of aliphatic hydroxyl groups is 1. The molecule has 66 valence electrons. The van der Waals surface area contributed by atoms with E-state index < -0.39 is 0 Å². The molecule has 12 heavy (non-hydrogen) atoms. The molecular formula is C9H12O3. The minimum atomic E-state index is -0.146. The van der Waals surface area contributed by atoms with E-state index in [0.29, 0.717) is 0 Å². The van der Waals surface area contributed by atoms with Crippen molar-refractivity contribution in [3.8, 4) is 11.5 Å². The fourth-order valence-electron chi connectivity index (χ4n) is 0.952. The lowest BCUT2D eigenvalue weighted by Gasteiger charge is -2.08. The van der Waals surface area contributed by atoms with Crippen LogP contribution in [0.2, 0.25) is 0 Å². The van der Waals surface area contributed by atoms with Crippen molar-refractivity contribution < 1.29 is 15.3 Å². The molecule has 0 aliphatic rings. The third-order valence-electron chi connectivity index (χ3n) is 1.84. The van der Waals surface area contributed by atoms with Crippen molar-refractivity contribution >= 4 is 0 Å². The summed E-state index contributed by atoms with van der Waals surface area (Å²) in [6.07, 6.45) is 0. The van der Waals surface area contributed by atoms with Crippen LogP contribution < -0.4 is 0 Å². The van der Waals surface area contributed by atoms with E-state index >= 15 is 0 Å². The topological polar surface area (TPSA) is 60.7 Å². The Bertz CT molecular complexity index is 270. The Morgan fingerprint density at radius 2 is 1.92 bits per heavy atom. The van der Waals surface area contributed by atoms with Gasteiger partial charge in [-0.2, -0.15) is 0 Å². The Balaban J connectivity index is 2.96. The molecule has 0 aliphatic carbocycles. The highest BCUT2D eigenvalue weighted by molar-refractivity contribution is 5.41. The van der Waals surface area contributed by atoms with Gasteiger partial charge in [0.25, 0.3) is 0 Å². The molecule has 1 rings (SSSR count). The van der Waals surface area contributed by atoms with Gasteiger partial charge in [-0.05, 0) is 17.7 Å². The van der Waals surface area contributed by atoms with E-state index in [4.69, 9.17) is 15.3 Å². The summed E-state index contributed by atoms with van der Waals surface area (Å²) < 4.78 is 0. The van der Waals surface area contributed by atoms with Crippen LogP contribution in [0.4, 0.5) is 0 Å². The number of rotatable bonds is 2. The van der Waals surface area contributed by atoms with Crippen LogP contribution in [-0.2, 0) is 0 Å². The molecule has 1 unspecified atom stereocenters. The number of hydrogen-bond acceptors (Lipinski definition) is 3. The van der Waals surface area contributed by atoms with Crippen molar-refractivity contribution in [2.24, 2.45) is 0 Å². The summed E-state index contributed by atoms with van der Waals surface area (Å²) in [5.41, 5.74) is 0.813. The third-order valence-corrected chi connectivity index (χ3v) is 1.84. The Kier molecular flexibility index (Phi) is 2.55. The van der Waals surface area contributed by atoms with E-state index in [0.717, 1.165) is 5.56 Å². The van der Waals surface area contributed by atoms with Crippen LogP contribution in [0.15, 0.2) is 18.2 Å². The quantitative estimate of drug-likeness (QED) is 0.581. The Morgan fingerprint density at radius 1 is 1.25 bits per heavy atom. The van der Waals surface area contributed by atoms with E-state index in [1.54, 1.807) is 6.07 Å². The Labute approximate surface area is 70.9 Å². The molecular weight excluding hydrogens is 156 g/mol. The Morgan fingerprint density at radius 3 is 2.42 bits per heavy atom. The summed E-state index contributed by atoms with van der Waals surface area (Å²) in [7, 11) is 0. The zero-order chi connectivity index (χ0) is 9.14. The van der Waals surface area contributed by atoms with Crippen molar-refractivity contribution in [3.05, 3.63) is 23.8 Å². The van der Waals surface area contributed by atoms with E-state index in [2.05, 4.69) is 0 Å². The minimum absolute atomic E-state index is 0.0171. The summed E-state index contributed by atoms with van der Waals surface area (Å²) in [5, 5.41) is 26.9. The zero-order valence-corrected chi connectivity index (χ0v) is 6.86. The van der Waals surface area contributed by atoms with Gasteiger partial charge in [0.15, 0.2) is 11.5 Å². The second-order valence-electron chi connectivity index (χ2n) is 2.83. The second-order valence-corrected chi connectivity index (χ2v) is 2.83. The average molecular weight is 168 g/mol. The summed E-state index contributed by atoms with van der Waals surface area (Å²) in [5.74, 6) is -0.298. The summed E-state index contributed by atoms with van der Waals surface area (Å²) in [6.45, 7) is 1.87. The fourth-order valence-corrected chi connectivity index (χ4v) is 0.952. The molecule has 0 fully saturated rings. The van der Waals surface area contributed by atoms with Gasteiger partial charge in [0.1, 0.15) is 0 Å². The van der Waals surface area contributed by atoms with Gasteiger partial charge in [-0.1, -0.05) is 13.0 Å². The van der Waals surface area contributed by atoms with E-state index in [-0.39, 0.29) is 24.0 Å². The van der Waals surface area contributed by atoms with Crippen LogP contribution in [0.3, 0.4) is 0 Å². The lowest BCUT2D eigenvalue weighted by molar-refractivity contribution is 0.272. The lowest BCUT2D eigenvalue weighted by atomic mass is 10.0. The molecule has 0 aliphatic heterocycles. The molecule has 0 amide bonds. The van der Waals surface area contributed by atoms with Gasteiger partial charge >= 0.3 is 0 Å². The van der Waals surface area contributed by atoms with Crippen LogP contribution in [-0.4, -0.2) is 21.9 Å². The number of phenolic OH excluding ortho intramolecular Hbond substituents is 2. The maximum atomic E-state index is 9.11. The van der Waals surface area contributed by atoms with Gasteiger partial charge in [-0.25, -0.2) is 0 Å². The average Bonchev–Trinajstić information content (AvgIpc) is 2.08. The van der Waals surface area contributed by atoms with Crippen molar-refractivity contribution in [1.82, 2.24) is 0 Å². The van der Waals surface area contributed by atoms with Crippen molar-refractivity contribution in [1.29, 1.82) is 0 Å². The van der Waals surface area contributed by atoms with Crippen molar-refractivity contribution in [2.75, 3.05) is 6.61 Å². The summed E-state index contributed by atoms with van der Waals surface area (Å²) >= 11 is 0. The highest BCUT2D eigenvalue weighted by atomic mass is 16.3. The molecule has 0 spiro atoms. The molecule has 0 radical (unpaired) electrons. The first-order chi connectivity index (χ1) is 5.65. The minimum Gasteiger partial charge on any atom is -0.504 e. The molecule has 3 heteroatoms. The van der Waals surface area contributed by atoms with Crippen LogP contribution in [0.1, 0.15) is 18.4 Å². The zero-order valence-electron chi connectivity index (χ0n) is 6.86. The third kappa shape index (κ3) is 1.68. The molecule has 1 atom stereocenters. The molecule has 3 nitrogen and oxygen atoms in total. The lowest BCUT2D eigenvalue weighted by Crippen LogP contribution is -1.97. The number of phenols is 2. The molecule has 0 aromatic heterocycles. The maximum absolute atomic E-state index is 9.11. The van der Waals surface area contributed by atoms with Crippen LogP contribution in [0.25, 0.3) is 0 Å². The number of benzene rings is 1. The molecule has 0 saturated heterocycles. The van der Waals surface area contributed by atoms with Gasteiger partial charge in [0, 0.05) is 12.5 Å². The Hall–Kier alpha value is -1.22. The highest BCUT2D eigenvalue weighted by Gasteiger charge is 2.06. The number of hydrogen-bond donors (Lipinski definition) is 3. The van der Waals surface area contributed by atoms with E-state index in [1.807, 2.05) is 6.92 Å². The smallest absolute Gasteiger partial charge is 0.157 e. The molecule has 1 aromatic rings.